The molecule has 9 heteroatoms. The van der Waals surface area contributed by atoms with Crippen LogP contribution < -0.4 is 16.6 Å². The molecule has 2 rings (SSSR count). The quantitative estimate of drug-likeness (QED) is 0.449. The Hall–Kier alpha value is -3.36. The molecule has 2 aromatic rings. The molecule has 2 aromatic heterocycles. The lowest BCUT2D eigenvalue weighted by molar-refractivity contribution is -0.124. The number of amides is 1. The van der Waals surface area contributed by atoms with Crippen LogP contribution in [0.2, 0.25) is 0 Å². The lowest BCUT2D eigenvalue weighted by atomic mass is 10.0. The zero-order valence-corrected chi connectivity index (χ0v) is 16.1. The van der Waals surface area contributed by atoms with Crippen molar-refractivity contribution in [3.63, 3.8) is 0 Å². The summed E-state index contributed by atoms with van der Waals surface area (Å²) < 4.78 is 14.3. The van der Waals surface area contributed by atoms with Crippen LogP contribution in [0, 0.1) is 12.8 Å². The molecule has 2 heterocycles. The highest BCUT2D eigenvalue weighted by molar-refractivity contribution is 5.84. The van der Waals surface area contributed by atoms with E-state index in [0.29, 0.717) is 11.1 Å². The van der Waals surface area contributed by atoms with Crippen molar-refractivity contribution in [1.29, 1.82) is 0 Å². The second-order valence-corrected chi connectivity index (χ2v) is 6.53. The first kappa shape index (κ1) is 20.9. The second-order valence-electron chi connectivity index (χ2n) is 6.53. The number of hydrogen-bond donors (Lipinski definition) is 2. The van der Waals surface area contributed by atoms with E-state index in [0.717, 1.165) is 10.6 Å². The van der Waals surface area contributed by atoms with Crippen LogP contribution in [0.15, 0.2) is 50.8 Å². The number of aromatic nitrogens is 3. The van der Waals surface area contributed by atoms with Crippen LogP contribution in [0.1, 0.15) is 32.4 Å². The predicted octanol–water partition coefficient (Wildman–Crippen LogP) is 2.12. The fourth-order valence-corrected chi connectivity index (χ4v) is 2.88. The highest BCUT2D eigenvalue weighted by Crippen LogP contribution is 2.17. The van der Waals surface area contributed by atoms with E-state index in [4.69, 9.17) is 0 Å². The smallest absolute Gasteiger partial charge is 0.324 e. The van der Waals surface area contributed by atoms with E-state index in [2.05, 4.69) is 27.0 Å². The summed E-state index contributed by atoms with van der Waals surface area (Å²) in [5.74, 6) is -1.91. The van der Waals surface area contributed by atoms with Gasteiger partial charge in [-0.05, 0) is 32.0 Å². The van der Waals surface area contributed by atoms with Gasteiger partial charge in [0.2, 0.25) is 11.9 Å². The molecule has 0 radical (unpaired) electrons. The molecule has 0 bridgehead atoms. The Morgan fingerprint density at radius 1 is 1.39 bits per heavy atom. The van der Waals surface area contributed by atoms with Gasteiger partial charge in [0.1, 0.15) is 6.04 Å². The van der Waals surface area contributed by atoms with Crippen LogP contribution in [-0.4, -0.2) is 27.2 Å². The fraction of sp³-hybridized carbons (Fsp3) is 0.316. The molecule has 0 aliphatic carbocycles. The van der Waals surface area contributed by atoms with Crippen molar-refractivity contribution in [1.82, 2.24) is 19.9 Å². The predicted molar refractivity (Wildman–Crippen MR) is 106 cm³/mol. The van der Waals surface area contributed by atoms with Crippen LogP contribution >= 0.6 is 0 Å². The summed E-state index contributed by atoms with van der Waals surface area (Å²) in [6.07, 6.45) is 5.34. The number of halogens is 1. The average molecular weight is 387 g/mol. The monoisotopic (exact) mass is 387 g/mol. The number of carbonyl (C=O) groups is 1. The standard InChI is InChI=1S/C19H22FN5O3/c1-6-12(7-14(20)21-5)23-17(26)16(10(2)3)25-18(27)15-11(4)8-22-9-13(15)24-19(25)28/h6-10,16H,5H2,1-4H3,(H,23,26)(H,24,28)/b12-6+,14-7-/t16-/m0/s1. The number of aliphatic imine (C=N–C) groups is 1. The normalized spacial score (nSPS) is 13.6. The molecule has 28 heavy (non-hydrogen) atoms. The number of pyridine rings is 1. The number of nitrogens with zero attached hydrogens (tertiary/aromatic N) is 3. The maximum atomic E-state index is 13.4. The number of nitrogens with one attached hydrogen (secondary N) is 2. The Balaban J connectivity index is 2.60. The van der Waals surface area contributed by atoms with E-state index in [1.54, 1.807) is 27.7 Å². The van der Waals surface area contributed by atoms with Gasteiger partial charge >= 0.3 is 5.69 Å². The van der Waals surface area contributed by atoms with Crippen molar-refractivity contribution in [3.05, 3.63) is 62.6 Å². The van der Waals surface area contributed by atoms with Crippen molar-refractivity contribution in [2.24, 2.45) is 10.9 Å². The van der Waals surface area contributed by atoms with E-state index in [1.165, 1.54) is 18.5 Å². The van der Waals surface area contributed by atoms with Crippen molar-refractivity contribution < 1.29 is 9.18 Å². The molecule has 1 atom stereocenters. The molecule has 0 aromatic carbocycles. The van der Waals surface area contributed by atoms with Gasteiger partial charge in [0.05, 0.1) is 17.1 Å². The third-order valence-electron chi connectivity index (χ3n) is 4.21. The van der Waals surface area contributed by atoms with Crippen molar-refractivity contribution in [2.75, 3.05) is 0 Å². The van der Waals surface area contributed by atoms with Gasteiger partial charge in [-0.3, -0.25) is 14.6 Å². The maximum absolute atomic E-state index is 13.4. The average Bonchev–Trinajstić information content (AvgIpc) is 2.63. The van der Waals surface area contributed by atoms with Crippen LogP contribution in [0.5, 0.6) is 0 Å². The number of rotatable bonds is 6. The molecular weight excluding hydrogens is 365 g/mol. The molecule has 1 amide bonds. The van der Waals surface area contributed by atoms with Crippen LogP contribution in [0.3, 0.4) is 0 Å². The SMILES string of the molecule is C=N/C(F)=C\C(=C/C)NC(=O)[C@H](C(C)C)n1c(=O)[nH]c2cncc(C)c2c1=O. The van der Waals surface area contributed by atoms with Gasteiger partial charge in [-0.25, -0.2) is 14.4 Å². The first-order valence-electron chi connectivity index (χ1n) is 8.61. The number of fused-ring (bicyclic) bond motifs is 1. The molecule has 148 valence electrons. The summed E-state index contributed by atoms with van der Waals surface area (Å²) in [6, 6.07) is -1.11. The van der Waals surface area contributed by atoms with Crippen LogP contribution in [0.4, 0.5) is 4.39 Å². The van der Waals surface area contributed by atoms with Gasteiger partial charge in [0.15, 0.2) is 0 Å². The topological polar surface area (TPSA) is 109 Å². The molecule has 0 aliphatic rings. The molecular formula is C19H22FN5O3. The first-order valence-corrected chi connectivity index (χ1v) is 8.61. The number of carbonyl (C=O) groups excluding carboxylic acids is 1. The van der Waals surface area contributed by atoms with Crippen molar-refractivity contribution in [3.8, 4) is 0 Å². The molecule has 0 aliphatic heterocycles. The van der Waals surface area contributed by atoms with E-state index >= 15 is 0 Å². The lowest BCUT2D eigenvalue weighted by Crippen LogP contribution is -2.46. The summed E-state index contributed by atoms with van der Waals surface area (Å²) in [7, 11) is 0. The molecule has 8 nitrogen and oxygen atoms in total. The summed E-state index contributed by atoms with van der Waals surface area (Å²) in [6.45, 7) is 9.77. The van der Waals surface area contributed by atoms with Crippen LogP contribution in [0.25, 0.3) is 10.9 Å². The highest BCUT2D eigenvalue weighted by atomic mass is 19.1. The van der Waals surface area contributed by atoms with Gasteiger partial charge in [0, 0.05) is 18.0 Å². The zero-order valence-electron chi connectivity index (χ0n) is 16.1. The van der Waals surface area contributed by atoms with E-state index in [1.807, 2.05) is 0 Å². The fourth-order valence-electron chi connectivity index (χ4n) is 2.88. The molecule has 2 N–H and O–H groups in total. The minimum Gasteiger partial charge on any atom is -0.324 e. The molecule has 0 spiro atoms. The highest BCUT2D eigenvalue weighted by Gasteiger charge is 2.28. The zero-order chi connectivity index (χ0) is 21.0. The third-order valence-corrected chi connectivity index (χ3v) is 4.21. The summed E-state index contributed by atoms with van der Waals surface area (Å²) in [5.41, 5.74) is -0.317. The minimum atomic E-state index is -1.11. The second kappa shape index (κ2) is 8.55. The van der Waals surface area contributed by atoms with E-state index < -0.39 is 35.1 Å². The first-order chi connectivity index (χ1) is 13.2. The minimum absolute atomic E-state index is 0.131. The maximum Gasteiger partial charge on any atom is 0.329 e. The van der Waals surface area contributed by atoms with Gasteiger partial charge < -0.3 is 10.3 Å². The van der Waals surface area contributed by atoms with Gasteiger partial charge in [-0.2, -0.15) is 4.39 Å². The number of hydrogen-bond acceptors (Lipinski definition) is 5. The molecule has 0 saturated heterocycles. The van der Waals surface area contributed by atoms with E-state index in [9.17, 15) is 18.8 Å². The molecule has 0 fully saturated rings. The van der Waals surface area contributed by atoms with Crippen molar-refractivity contribution >= 4 is 23.5 Å². The number of aromatic amines is 1. The van der Waals surface area contributed by atoms with Gasteiger partial charge in [0.25, 0.3) is 5.56 Å². The van der Waals surface area contributed by atoms with Crippen molar-refractivity contribution in [2.45, 2.75) is 33.7 Å². The van der Waals surface area contributed by atoms with E-state index in [-0.39, 0.29) is 11.1 Å². The third kappa shape index (κ3) is 4.13. The Kier molecular flexibility index (Phi) is 6.40. The Bertz CT molecular complexity index is 1090. The lowest BCUT2D eigenvalue weighted by Gasteiger charge is -2.22. The molecule has 0 unspecified atom stereocenters. The van der Waals surface area contributed by atoms with Gasteiger partial charge in [-0.15, -0.1) is 0 Å². The number of aryl methyl sites for hydroxylation is 1. The molecule has 0 saturated carbocycles. The van der Waals surface area contributed by atoms with Crippen LogP contribution in [-0.2, 0) is 4.79 Å². The number of H-pyrrole nitrogens is 1. The summed E-state index contributed by atoms with van der Waals surface area (Å²) >= 11 is 0. The summed E-state index contributed by atoms with van der Waals surface area (Å²) in [4.78, 5) is 48.2. The number of allylic oxidation sites excluding steroid dienone is 2. The van der Waals surface area contributed by atoms with Gasteiger partial charge in [-0.1, -0.05) is 19.9 Å². The Labute approximate surface area is 160 Å². The Morgan fingerprint density at radius 3 is 2.64 bits per heavy atom. The largest absolute Gasteiger partial charge is 0.329 e. The summed E-state index contributed by atoms with van der Waals surface area (Å²) in [5, 5.41) is 2.80. The Morgan fingerprint density at radius 2 is 2.07 bits per heavy atom.